The molecule has 2 aromatic heterocycles. The zero-order valence-electron chi connectivity index (χ0n) is 7.45. The van der Waals surface area contributed by atoms with Crippen LogP contribution in [0.2, 0.25) is 0 Å². The molecule has 0 aliphatic heterocycles. The molecule has 2 rings (SSSR count). The fourth-order valence-electron chi connectivity index (χ4n) is 0.977. The van der Waals surface area contributed by atoms with Gasteiger partial charge in [0, 0.05) is 4.88 Å². The van der Waals surface area contributed by atoms with Crippen molar-refractivity contribution < 1.29 is 0 Å². The maximum Gasteiger partial charge on any atom is 0.205 e. The third-order valence-corrected chi connectivity index (χ3v) is 3.99. The summed E-state index contributed by atoms with van der Waals surface area (Å²) in [6.45, 7) is 2.76. The lowest BCUT2D eigenvalue weighted by molar-refractivity contribution is 1.03. The number of anilines is 1. The second-order valence-corrected chi connectivity index (χ2v) is 6.41. The molecule has 2 aromatic rings. The van der Waals surface area contributed by atoms with E-state index in [2.05, 4.69) is 37.5 Å². The zero-order chi connectivity index (χ0) is 9.97. The van der Waals surface area contributed by atoms with Gasteiger partial charge in [0.05, 0.1) is 10.3 Å². The Morgan fingerprint density at radius 2 is 2.21 bits per heavy atom. The number of halogens is 1. The van der Waals surface area contributed by atoms with E-state index in [0.717, 1.165) is 20.5 Å². The van der Waals surface area contributed by atoms with Crippen LogP contribution in [0.1, 0.15) is 9.88 Å². The molecule has 74 valence electrons. The van der Waals surface area contributed by atoms with E-state index >= 15 is 0 Å². The molecule has 0 spiro atoms. The summed E-state index contributed by atoms with van der Waals surface area (Å²) in [5.41, 5.74) is 0. The number of aryl methyl sites for hydroxylation is 1. The molecule has 2 heterocycles. The molecule has 0 aliphatic carbocycles. The molecule has 1 N–H and O–H groups in total. The maximum atomic E-state index is 3.99. The van der Waals surface area contributed by atoms with Crippen molar-refractivity contribution in [2.45, 2.75) is 13.5 Å². The van der Waals surface area contributed by atoms with Gasteiger partial charge in [0.2, 0.25) is 5.13 Å². The summed E-state index contributed by atoms with van der Waals surface area (Å²) >= 11 is 6.73. The molecule has 6 heteroatoms. The first-order valence-corrected chi connectivity index (χ1v) is 6.45. The van der Waals surface area contributed by atoms with Crippen LogP contribution in [0, 0.1) is 6.92 Å². The van der Waals surface area contributed by atoms with Crippen LogP contribution in [0.3, 0.4) is 0 Å². The Kier molecular flexibility index (Phi) is 3.15. The highest BCUT2D eigenvalue weighted by atomic mass is 79.9. The second-order valence-electron chi connectivity index (χ2n) is 2.69. The van der Waals surface area contributed by atoms with Crippen LogP contribution < -0.4 is 5.32 Å². The van der Waals surface area contributed by atoms with Crippen molar-refractivity contribution in [3.05, 3.63) is 25.8 Å². The first-order valence-electron chi connectivity index (χ1n) is 4.02. The first-order chi connectivity index (χ1) is 6.74. The van der Waals surface area contributed by atoms with Crippen LogP contribution >= 0.6 is 38.6 Å². The number of hydrogen-bond donors (Lipinski definition) is 1. The van der Waals surface area contributed by atoms with Gasteiger partial charge in [-0.3, -0.25) is 0 Å². The summed E-state index contributed by atoms with van der Waals surface area (Å²) in [6.07, 6.45) is 0. The van der Waals surface area contributed by atoms with Crippen LogP contribution in [-0.4, -0.2) is 10.2 Å². The van der Waals surface area contributed by atoms with Gasteiger partial charge in [-0.2, -0.15) is 0 Å². The SMILES string of the molecule is Cc1nnc(NCc2ccc(Br)s2)s1. The van der Waals surface area contributed by atoms with Gasteiger partial charge in [-0.05, 0) is 35.0 Å². The van der Waals surface area contributed by atoms with Crippen molar-refractivity contribution in [2.24, 2.45) is 0 Å². The van der Waals surface area contributed by atoms with Crippen molar-refractivity contribution >= 4 is 43.7 Å². The highest BCUT2D eigenvalue weighted by Gasteiger charge is 2.01. The number of thiophene rings is 1. The van der Waals surface area contributed by atoms with Crippen LogP contribution in [0.4, 0.5) is 5.13 Å². The standard InChI is InChI=1S/C8H8BrN3S2/c1-5-11-12-8(13-5)10-4-6-2-3-7(9)14-6/h2-3H,4H2,1H3,(H,10,12). The minimum Gasteiger partial charge on any atom is -0.355 e. The molecule has 0 unspecified atom stereocenters. The molecule has 0 radical (unpaired) electrons. The molecule has 0 bridgehead atoms. The van der Waals surface area contributed by atoms with Gasteiger partial charge in [-0.1, -0.05) is 11.3 Å². The van der Waals surface area contributed by atoms with Gasteiger partial charge in [0.15, 0.2) is 0 Å². The van der Waals surface area contributed by atoms with Gasteiger partial charge in [-0.25, -0.2) is 0 Å². The van der Waals surface area contributed by atoms with Crippen LogP contribution in [0.25, 0.3) is 0 Å². The predicted molar refractivity (Wildman–Crippen MR) is 64.0 cm³/mol. The number of nitrogens with one attached hydrogen (secondary N) is 1. The molecule has 0 atom stereocenters. The Balaban J connectivity index is 1.94. The minimum absolute atomic E-state index is 0.810. The minimum atomic E-state index is 0.810. The molecule has 0 aromatic carbocycles. The van der Waals surface area contributed by atoms with Crippen molar-refractivity contribution in [1.29, 1.82) is 0 Å². The lowest BCUT2D eigenvalue weighted by Crippen LogP contribution is -1.96. The molecule has 0 aliphatic rings. The maximum absolute atomic E-state index is 3.99. The van der Waals surface area contributed by atoms with Crippen LogP contribution in [0.5, 0.6) is 0 Å². The highest BCUT2D eigenvalue weighted by molar-refractivity contribution is 9.11. The molecular weight excluding hydrogens is 282 g/mol. The largest absolute Gasteiger partial charge is 0.355 e. The smallest absolute Gasteiger partial charge is 0.205 e. The summed E-state index contributed by atoms with van der Waals surface area (Å²) in [5, 5.41) is 13.0. The average molecular weight is 290 g/mol. The Hall–Kier alpha value is -0.460. The van der Waals surface area contributed by atoms with Gasteiger partial charge in [0.1, 0.15) is 5.01 Å². The monoisotopic (exact) mass is 289 g/mol. The quantitative estimate of drug-likeness (QED) is 0.942. The van der Waals surface area contributed by atoms with Crippen molar-refractivity contribution in [2.75, 3.05) is 5.32 Å². The summed E-state index contributed by atoms with van der Waals surface area (Å²) in [6, 6.07) is 4.14. The number of nitrogens with zero attached hydrogens (tertiary/aromatic N) is 2. The molecule has 0 saturated heterocycles. The Labute approximate surface area is 98.3 Å². The summed E-state index contributed by atoms with van der Waals surface area (Å²) < 4.78 is 1.16. The van der Waals surface area contributed by atoms with Crippen LogP contribution in [0.15, 0.2) is 15.9 Å². The van der Waals surface area contributed by atoms with Crippen LogP contribution in [-0.2, 0) is 6.54 Å². The number of rotatable bonds is 3. The van der Waals surface area contributed by atoms with E-state index in [1.165, 1.54) is 4.88 Å². The first kappa shape index (κ1) is 10.1. The van der Waals surface area contributed by atoms with E-state index in [-0.39, 0.29) is 0 Å². The topological polar surface area (TPSA) is 37.8 Å². The molecular formula is C8H8BrN3S2. The third kappa shape index (κ3) is 2.52. The normalized spacial score (nSPS) is 10.4. The van der Waals surface area contributed by atoms with E-state index < -0.39 is 0 Å². The van der Waals surface area contributed by atoms with Gasteiger partial charge in [0.25, 0.3) is 0 Å². The average Bonchev–Trinajstić information content (AvgIpc) is 2.72. The fraction of sp³-hybridized carbons (Fsp3) is 0.250. The number of aromatic nitrogens is 2. The van der Waals surface area contributed by atoms with Crippen molar-refractivity contribution in [3.8, 4) is 0 Å². The van der Waals surface area contributed by atoms with E-state index in [4.69, 9.17) is 0 Å². The zero-order valence-corrected chi connectivity index (χ0v) is 10.7. The summed E-state index contributed by atoms with van der Waals surface area (Å²) in [7, 11) is 0. The molecule has 0 fully saturated rings. The fourth-order valence-corrected chi connectivity index (χ4v) is 2.99. The predicted octanol–water partition coefficient (Wildman–Crippen LogP) is 3.28. The summed E-state index contributed by atoms with van der Waals surface area (Å²) in [4.78, 5) is 1.28. The van der Waals surface area contributed by atoms with Crippen molar-refractivity contribution in [3.63, 3.8) is 0 Å². The van der Waals surface area contributed by atoms with E-state index in [1.54, 1.807) is 22.7 Å². The van der Waals surface area contributed by atoms with Crippen molar-refractivity contribution in [1.82, 2.24) is 10.2 Å². The highest BCUT2D eigenvalue weighted by Crippen LogP contribution is 2.23. The van der Waals surface area contributed by atoms with Gasteiger partial charge < -0.3 is 5.32 Å². The molecule has 0 saturated carbocycles. The Morgan fingerprint density at radius 3 is 2.79 bits per heavy atom. The van der Waals surface area contributed by atoms with E-state index in [1.807, 2.05) is 13.0 Å². The lowest BCUT2D eigenvalue weighted by Gasteiger charge is -1.97. The van der Waals surface area contributed by atoms with E-state index in [9.17, 15) is 0 Å². The second kappa shape index (κ2) is 4.37. The van der Waals surface area contributed by atoms with Gasteiger partial charge in [-0.15, -0.1) is 21.5 Å². The van der Waals surface area contributed by atoms with E-state index in [0.29, 0.717) is 0 Å². The molecule has 0 amide bonds. The molecule has 3 nitrogen and oxygen atoms in total. The lowest BCUT2D eigenvalue weighted by atomic mass is 10.5. The van der Waals surface area contributed by atoms with Gasteiger partial charge >= 0.3 is 0 Å². The Morgan fingerprint density at radius 1 is 1.36 bits per heavy atom. The molecule has 14 heavy (non-hydrogen) atoms. The summed E-state index contributed by atoms with van der Waals surface area (Å²) in [5.74, 6) is 0. The Bertz CT molecular complexity index is 383. The third-order valence-electron chi connectivity index (χ3n) is 1.57. The number of hydrogen-bond acceptors (Lipinski definition) is 5.